The van der Waals surface area contributed by atoms with Crippen LogP contribution in [0.3, 0.4) is 0 Å². The van der Waals surface area contributed by atoms with Crippen molar-refractivity contribution < 1.29 is 14.7 Å². The molecular weight excluding hydrogens is 270 g/mol. The molecule has 1 atom stereocenters. The SMILES string of the molecule is O=C(c1ccc(O)cn1)N1CCCC(N2CCCC2=O)C1. The summed E-state index contributed by atoms with van der Waals surface area (Å²) in [4.78, 5) is 31.9. The number of likely N-dealkylation sites (tertiary alicyclic amines) is 2. The lowest BCUT2D eigenvalue weighted by Crippen LogP contribution is -2.50. The first-order valence-corrected chi connectivity index (χ1v) is 7.39. The molecule has 3 heterocycles. The second-order valence-corrected chi connectivity index (χ2v) is 5.64. The summed E-state index contributed by atoms with van der Waals surface area (Å²) in [6, 6.07) is 3.13. The molecule has 2 aliphatic rings. The highest BCUT2D eigenvalue weighted by Gasteiger charge is 2.33. The van der Waals surface area contributed by atoms with Crippen LogP contribution in [0.1, 0.15) is 36.2 Å². The van der Waals surface area contributed by atoms with Crippen LogP contribution in [0.25, 0.3) is 0 Å². The predicted octanol–water partition coefficient (Wildman–Crippen LogP) is 1.01. The van der Waals surface area contributed by atoms with Crippen molar-refractivity contribution in [2.75, 3.05) is 19.6 Å². The number of piperidine rings is 1. The van der Waals surface area contributed by atoms with Crippen LogP contribution in [0.2, 0.25) is 0 Å². The molecule has 6 heteroatoms. The molecule has 6 nitrogen and oxygen atoms in total. The van der Waals surface area contributed by atoms with Gasteiger partial charge in [0, 0.05) is 32.1 Å². The van der Waals surface area contributed by atoms with Gasteiger partial charge in [-0.3, -0.25) is 9.59 Å². The number of pyridine rings is 1. The fourth-order valence-electron chi connectivity index (χ4n) is 3.12. The molecule has 2 amide bonds. The van der Waals surface area contributed by atoms with Crippen molar-refractivity contribution in [2.45, 2.75) is 31.7 Å². The molecule has 2 aliphatic heterocycles. The lowest BCUT2D eigenvalue weighted by Gasteiger charge is -2.37. The molecule has 1 aromatic heterocycles. The minimum absolute atomic E-state index is 0.0470. The molecule has 0 spiro atoms. The quantitative estimate of drug-likeness (QED) is 0.882. The van der Waals surface area contributed by atoms with Gasteiger partial charge in [0.1, 0.15) is 11.4 Å². The van der Waals surface area contributed by atoms with Crippen LogP contribution in [-0.4, -0.2) is 57.4 Å². The maximum atomic E-state index is 12.4. The molecule has 0 aliphatic carbocycles. The molecule has 21 heavy (non-hydrogen) atoms. The summed E-state index contributed by atoms with van der Waals surface area (Å²) >= 11 is 0. The van der Waals surface area contributed by atoms with Gasteiger partial charge < -0.3 is 14.9 Å². The number of aromatic nitrogens is 1. The fraction of sp³-hybridized carbons (Fsp3) is 0.533. The first-order valence-electron chi connectivity index (χ1n) is 7.39. The van der Waals surface area contributed by atoms with Gasteiger partial charge in [-0.15, -0.1) is 0 Å². The molecule has 0 aromatic carbocycles. The lowest BCUT2D eigenvalue weighted by molar-refractivity contribution is -0.130. The van der Waals surface area contributed by atoms with E-state index in [4.69, 9.17) is 0 Å². The van der Waals surface area contributed by atoms with Gasteiger partial charge in [-0.1, -0.05) is 0 Å². The number of amides is 2. The third kappa shape index (κ3) is 2.84. The summed E-state index contributed by atoms with van der Waals surface area (Å²) in [5.74, 6) is 0.120. The van der Waals surface area contributed by atoms with E-state index in [-0.39, 0.29) is 23.6 Å². The van der Waals surface area contributed by atoms with E-state index in [0.29, 0.717) is 25.2 Å². The van der Waals surface area contributed by atoms with Crippen molar-refractivity contribution in [3.05, 3.63) is 24.0 Å². The van der Waals surface area contributed by atoms with Crippen molar-refractivity contribution in [2.24, 2.45) is 0 Å². The van der Waals surface area contributed by atoms with E-state index in [1.54, 1.807) is 4.90 Å². The molecular formula is C15H19N3O3. The molecule has 2 saturated heterocycles. The van der Waals surface area contributed by atoms with E-state index in [1.807, 2.05) is 4.90 Å². The Bertz CT molecular complexity index is 544. The molecule has 2 fully saturated rings. The van der Waals surface area contributed by atoms with Crippen molar-refractivity contribution in [1.29, 1.82) is 0 Å². The van der Waals surface area contributed by atoms with Gasteiger partial charge in [0.25, 0.3) is 5.91 Å². The maximum absolute atomic E-state index is 12.4. The predicted molar refractivity (Wildman–Crippen MR) is 75.8 cm³/mol. The molecule has 0 bridgehead atoms. The summed E-state index contributed by atoms with van der Waals surface area (Å²) in [7, 11) is 0. The second-order valence-electron chi connectivity index (χ2n) is 5.64. The van der Waals surface area contributed by atoms with E-state index in [1.165, 1.54) is 18.3 Å². The molecule has 1 aromatic rings. The number of hydrogen-bond donors (Lipinski definition) is 1. The molecule has 1 unspecified atom stereocenters. The van der Waals surface area contributed by atoms with Crippen LogP contribution in [0, 0.1) is 0 Å². The Morgan fingerprint density at radius 2 is 2.14 bits per heavy atom. The van der Waals surface area contributed by atoms with Crippen LogP contribution in [0.4, 0.5) is 0 Å². The van der Waals surface area contributed by atoms with Gasteiger partial charge >= 0.3 is 0 Å². The largest absolute Gasteiger partial charge is 0.506 e. The summed E-state index contributed by atoms with van der Waals surface area (Å²) < 4.78 is 0. The van der Waals surface area contributed by atoms with Crippen molar-refractivity contribution in [3.8, 4) is 5.75 Å². The van der Waals surface area contributed by atoms with Crippen molar-refractivity contribution in [1.82, 2.24) is 14.8 Å². The third-order valence-corrected chi connectivity index (χ3v) is 4.20. The first-order chi connectivity index (χ1) is 10.1. The topological polar surface area (TPSA) is 73.7 Å². The number of aromatic hydroxyl groups is 1. The number of nitrogens with zero attached hydrogens (tertiary/aromatic N) is 3. The zero-order valence-electron chi connectivity index (χ0n) is 11.9. The van der Waals surface area contributed by atoms with E-state index >= 15 is 0 Å². The fourth-order valence-corrected chi connectivity index (χ4v) is 3.12. The van der Waals surface area contributed by atoms with Crippen molar-refractivity contribution >= 4 is 11.8 Å². The average molecular weight is 289 g/mol. The Labute approximate surface area is 123 Å². The Morgan fingerprint density at radius 3 is 2.81 bits per heavy atom. The summed E-state index contributed by atoms with van der Waals surface area (Å²) in [6.45, 7) is 2.08. The highest BCUT2D eigenvalue weighted by atomic mass is 16.3. The third-order valence-electron chi connectivity index (χ3n) is 4.20. The second kappa shape index (κ2) is 5.71. The Kier molecular flexibility index (Phi) is 3.77. The van der Waals surface area contributed by atoms with E-state index in [0.717, 1.165) is 25.8 Å². The van der Waals surface area contributed by atoms with Gasteiger partial charge in [-0.2, -0.15) is 0 Å². The highest BCUT2D eigenvalue weighted by molar-refractivity contribution is 5.92. The first kappa shape index (κ1) is 13.9. The molecule has 3 rings (SSSR count). The molecule has 0 saturated carbocycles. The summed E-state index contributed by atoms with van der Waals surface area (Å²) in [6.07, 6.45) is 4.68. The van der Waals surface area contributed by atoms with E-state index in [9.17, 15) is 14.7 Å². The van der Waals surface area contributed by atoms with Crippen LogP contribution in [0.15, 0.2) is 18.3 Å². The van der Waals surface area contributed by atoms with Crippen LogP contribution in [-0.2, 0) is 4.79 Å². The van der Waals surface area contributed by atoms with Gasteiger partial charge in [-0.25, -0.2) is 4.98 Å². The van der Waals surface area contributed by atoms with Crippen LogP contribution in [0.5, 0.6) is 5.75 Å². The van der Waals surface area contributed by atoms with Gasteiger partial charge in [0.2, 0.25) is 5.91 Å². The number of rotatable bonds is 2. The monoisotopic (exact) mass is 289 g/mol. The van der Waals surface area contributed by atoms with E-state index in [2.05, 4.69) is 4.98 Å². The number of carbonyl (C=O) groups excluding carboxylic acids is 2. The Morgan fingerprint density at radius 1 is 1.29 bits per heavy atom. The van der Waals surface area contributed by atoms with E-state index < -0.39 is 0 Å². The van der Waals surface area contributed by atoms with Crippen LogP contribution >= 0.6 is 0 Å². The normalized spacial score (nSPS) is 22.7. The smallest absolute Gasteiger partial charge is 0.272 e. The Balaban J connectivity index is 1.69. The van der Waals surface area contributed by atoms with Gasteiger partial charge in [0.15, 0.2) is 0 Å². The van der Waals surface area contributed by atoms with Gasteiger partial charge in [-0.05, 0) is 31.4 Å². The number of carbonyl (C=O) groups is 2. The standard InChI is InChI=1S/C15H19N3O3/c19-12-5-6-13(16-9-12)15(21)17-7-1-3-11(10-17)18-8-2-4-14(18)20/h5-6,9,11,19H,1-4,7-8,10H2. The lowest BCUT2D eigenvalue weighted by atomic mass is 10.0. The summed E-state index contributed by atoms with van der Waals surface area (Å²) in [5, 5.41) is 9.23. The minimum atomic E-state index is -0.133. The average Bonchev–Trinajstić information content (AvgIpc) is 2.94. The zero-order valence-corrected chi connectivity index (χ0v) is 11.9. The molecule has 1 N–H and O–H groups in total. The molecule has 0 radical (unpaired) electrons. The molecule has 112 valence electrons. The zero-order chi connectivity index (χ0) is 14.8. The number of hydrogen-bond acceptors (Lipinski definition) is 4. The van der Waals surface area contributed by atoms with Gasteiger partial charge in [0.05, 0.1) is 6.20 Å². The minimum Gasteiger partial charge on any atom is -0.506 e. The van der Waals surface area contributed by atoms with Crippen LogP contribution < -0.4 is 0 Å². The van der Waals surface area contributed by atoms with Crippen molar-refractivity contribution in [3.63, 3.8) is 0 Å². The highest BCUT2D eigenvalue weighted by Crippen LogP contribution is 2.22. The maximum Gasteiger partial charge on any atom is 0.272 e. The Hall–Kier alpha value is -2.11. The summed E-state index contributed by atoms with van der Waals surface area (Å²) in [5.41, 5.74) is 0.334.